The second-order valence-corrected chi connectivity index (χ2v) is 5.55. The summed E-state index contributed by atoms with van der Waals surface area (Å²) in [5.74, 6) is 0. The Kier molecular flexibility index (Phi) is 3.51. The molecule has 0 amide bonds. The normalized spacial score (nSPS) is 13.3. The highest BCUT2D eigenvalue weighted by molar-refractivity contribution is 7.11. The fourth-order valence-corrected chi connectivity index (χ4v) is 3.02. The SMILES string of the molecule is CC(C)NC(c1cccs1)c1nccs1. The molecule has 0 fully saturated rings. The largest absolute Gasteiger partial charge is 0.301 e. The van der Waals surface area contributed by atoms with Gasteiger partial charge >= 0.3 is 0 Å². The summed E-state index contributed by atoms with van der Waals surface area (Å²) in [5, 5.41) is 8.82. The lowest BCUT2D eigenvalue weighted by Gasteiger charge is -2.17. The second kappa shape index (κ2) is 4.88. The van der Waals surface area contributed by atoms with Crippen molar-refractivity contribution in [2.24, 2.45) is 0 Å². The summed E-state index contributed by atoms with van der Waals surface area (Å²) in [7, 11) is 0. The second-order valence-electron chi connectivity index (χ2n) is 3.64. The zero-order valence-electron chi connectivity index (χ0n) is 8.81. The summed E-state index contributed by atoms with van der Waals surface area (Å²) >= 11 is 3.48. The molecule has 0 aliphatic heterocycles. The van der Waals surface area contributed by atoms with Crippen LogP contribution in [0.5, 0.6) is 0 Å². The third kappa shape index (κ3) is 2.65. The van der Waals surface area contributed by atoms with Gasteiger partial charge in [0.1, 0.15) is 5.01 Å². The standard InChI is InChI=1S/C11H14N2S2/c1-8(2)13-10(9-4-3-6-14-9)11-12-5-7-15-11/h3-8,10,13H,1-2H3. The first kappa shape index (κ1) is 10.8. The van der Waals surface area contributed by atoms with Crippen LogP contribution >= 0.6 is 22.7 Å². The van der Waals surface area contributed by atoms with Crippen molar-refractivity contribution >= 4 is 22.7 Å². The monoisotopic (exact) mass is 238 g/mol. The Morgan fingerprint density at radius 3 is 2.67 bits per heavy atom. The van der Waals surface area contributed by atoms with Gasteiger partial charge in [0.2, 0.25) is 0 Å². The number of thiazole rings is 1. The van der Waals surface area contributed by atoms with Gasteiger partial charge < -0.3 is 5.32 Å². The van der Waals surface area contributed by atoms with Gasteiger partial charge in [-0.1, -0.05) is 6.07 Å². The van der Waals surface area contributed by atoms with Gasteiger partial charge in [0.15, 0.2) is 0 Å². The first-order valence-corrected chi connectivity index (χ1v) is 6.72. The van der Waals surface area contributed by atoms with Gasteiger partial charge in [-0.25, -0.2) is 4.98 Å². The van der Waals surface area contributed by atoms with Crippen LogP contribution in [0.2, 0.25) is 0 Å². The van der Waals surface area contributed by atoms with Crippen molar-refractivity contribution in [3.05, 3.63) is 39.0 Å². The van der Waals surface area contributed by atoms with Crippen LogP contribution in [0.15, 0.2) is 29.1 Å². The van der Waals surface area contributed by atoms with Crippen LogP contribution in [-0.4, -0.2) is 11.0 Å². The Morgan fingerprint density at radius 2 is 2.13 bits per heavy atom. The predicted molar refractivity (Wildman–Crippen MR) is 66.5 cm³/mol. The molecule has 1 atom stereocenters. The summed E-state index contributed by atoms with van der Waals surface area (Å²) in [6, 6.07) is 4.96. The van der Waals surface area contributed by atoms with Crippen LogP contribution in [0.1, 0.15) is 29.8 Å². The average molecular weight is 238 g/mol. The lowest BCUT2D eigenvalue weighted by atomic mass is 10.2. The van der Waals surface area contributed by atoms with Gasteiger partial charge in [-0.15, -0.1) is 22.7 Å². The minimum Gasteiger partial charge on any atom is -0.301 e. The third-order valence-corrected chi connectivity index (χ3v) is 3.80. The molecular formula is C11H14N2S2. The smallest absolute Gasteiger partial charge is 0.115 e. The van der Waals surface area contributed by atoms with E-state index in [-0.39, 0.29) is 6.04 Å². The Morgan fingerprint density at radius 1 is 1.27 bits per heavy atom. The molecule has 4 heteroatoms. The molecule has 0 aliphatic rings. The molecule has 1 unspecified atom stereocenters. The Hall–Kier alpha value is -0.710. The fourth-order valence-electron chi connectivity index (χ4n) is 1.44. The molecule has 0 saturated heterocycles. The highest BCUT2D eigenvalue weighted by Crippen LogP contribution is 2.27. The number of hydrogen-bond donors (Lipinski definition) is 1. The average Bonchev–Trinajstić information content (AvgIpc) is 2.87. The van der Waals surface area contributed by atoms with E-state index in [9.17, 15) is 0 Å². The number of nitrogens with one attached hydrogen (secondary N) is 1. The molecule has 2 aromatic rings. The Balaban J connectivity index is 2.25. The van der Waals surface area contributed by atoms with Gasteiger partial charge in [-0.05, 0) is 25.3 Å². The number of nitrogens with zero attached hydrogens (tertiary/aromatic N) is 1. The maximum Gasteiger partial charge on any atom is 0.115 e. The molecule has 0 radical (unpaired) electrons. The molecule has 2 aromatic heterocycles. The van der Waals surface area contributed by atoms with Crippen LogP contribution in [0.25, 0.3) is 0 Å². The van der Waals surface area contributed by atoms with Crippen LogP contribution < -0.4 is 5.32 Å². The number of rotatable bonds is 4. The molecule has 2 heterocycles. The maximum atomic E-state index is 4.39. The quantitative estimate of drug-likeness (QED) is 0.884. The van der Waals surface area contributed by atoms with Gasteiger partial charge in [0.05, 0.1) is 6.04 Å². The van der Waals surface area contributed by atoms with Crippen molar-refractivity contribution in [2.75, 3.05) is 0 Å². The molecule has 0 saturated carbocycles. The molecule has 0 bridgehead atoms. The molecule has 0 aromatic carbocycles. The molecular weight excluding hydrogens is 224 g/mol. The van der Waals surface area contributed by atoms with Gasteiger partial charge in [-0.2, -0.15) is 0 Å². The highest BCUT2D eigenvalue weighted by Gasteiger charge is 2.17. The fraction of sp³-hybridized carbons (Fsp3) is 0.364. The molecule has 80 valence electrons. The van der Waals surface area contributed by atoms with E-state index < -0.39 is 0 Å². The summed E-state index contributed by atoms with van der Waals surface area (Å²) < 4.78 is 0. The maximum absolute atomic E-state index is 4.39. The van der Waals surface area contributed by atoms with E-state index >= 15 is 0 Å². The van der Waals surface area contributed by atoms with E-state index in [1.165, 1.54) is 4.88 Å². The van der Waals surface area contributed by atoms with Crippen molar-refractivity contribution in [3.8, 4) is 0 Å². The molecule has 2 nitrogen and oxygen atoms in total. The highest BCUT2D eigenvalue weighted by atomic mass is 32.1. The van der Waals surface area contributed by atoms with Crippen LogP contribution in [0, 0.1) is 0 Å². The van der Waals surface area contributed by atoms with Crippen molar-refractivity contribution in [1.82, 2.24) is 10.3 Å². The Bertz CT molecular complexity index is 344. The topological polar surface area (TPSA) is 24.9 Å². The lowest BCUT2D eigenvalue weighted by Crippen LogP contribution is -2.28. The molecule has 2 rings (SSSR count). The number of hydrogen-bond acceptors (Lipinski definition) is 4. The van der Waals surface area contributed by atoms with Crippen molar-refractivity contribution in [2.45, 2.75) is 25.9 Å². The molecule has 15 heavy (non-hydrogen) atoms. The molecule has 0 aliphatic carbocycles. The van der Waals surface area contributed by atoms with Gasteiger partial charge in [0, 0.05) is 22.5 Å². The van der Waals surface area contributed by atoms with E-state index in [0.29, 0.717) is 6.04 Å². The van der Waals surface area contributed by atoms with Gasteiger partial charge in [0.25, 0.3) is 0 Å². The number of thiophene rings is 1. The van der Waals surface area contributed by atoms with Crippen molar-refractivity contribution in [3.63, 3.8) is 0 Å². The van der Waals surface area contributed by atoms with Crippen molar-refractivity contribution in [1.29, 1.82) is 0 Å². The summed E-state index contributed by atoms with van der Waals surface area (Å²) in [6.07, 6.45) is 1.86. The van der Waals surface area contributed by atoms with Crippen molar-refractivity contribution < 1.29 is 0 Å². The minimum atomic E-state index is 0.255. The van der Waals surface area contributed by atoms with Crippen LogP contribution in [0.3, 0.4) is 0 Å². The summed E-state index contributed by atoms with van der Waals surface area (Å²) in [5.41, 5.74) is 0. The van der Waals surface area contributed by atoms with E-state index in [4.69, 9.17) is 0 Å². The first-order valence-electron chi connectivity index (χ1n) is 4.96. The van der Waals surface area contributed by atoms with E-state index in [0.717, 1.165) is 5.01 Å². The van der Waals surface area contributed by atoms with Gasteiger partial charge in [-0.3, -0.25) is 0 Å². The lowest BCUT2D eigenvalue weighted by molar-refractivity contribution is 0.532. The summed E-state index contributed by atoms with van der Waals surface area (Å²) in [6.45, 7) is 4.32. The Labute approximate surface area is 98.0 Å². The molecule has 0 spiro atoms. The van der Waals surface area contributed by atoms with Crippen LogP contribution in [-0.2, 0) is 0 Å². The molecule has 1 N–H and O–H groups in total. The zero-order valence-corrected chi connectivity index (χ0v) is 10.4. The third-order valence-electron chi connectivity index (χ3n) is 2.03. The van der Waals surface area contributed by atoms with E-state index in [2.05, 4.69) is 41.7 Å². The summed E-state index contributed by atoms with van der Waals surface area (Å²) in [4.78, 5) is 5.72. The minimum absolute atomic E-state index is 0.255. The number of aromatic nitrogens is 1. The first-order chi connectivity index (χ1) is 7.27. The van der Waals surface area contributed by atoms with E-state index in [1.54, 1.807) is 22.7 Å². The zero-order chi connectivity index (χ0) is 10.7. The van der Waals surface area contributed by atoms with Crippen LogP contribution in [0.4, 0.5) is 0 Å². The predicted octanol–water partition coefficient (Wildman–Crippen LogP) is 3.29. The van der Waals surface area contributed by atoms with E-state index in [1.807, 2.05) is 11.6 Å².